The van der Waals surface area contributed by atoms with Gasteiger partial charge in [-0.1, -0.05) is 12.1 Å². The number of hydrogen-bond donors (Lipinski definition) is 2. The third kappa shape index (κ3) is 7.38. The fraction of sp³-hybridized carbons (Fsp3) is 0.333. The van der Waals surface area contributed by atoms with E-state index in [0.29, 0.717) is 25.6 Å². The SMILES string of the molecule is CCNC(=NCc1ccc(OCC(F)(F)F)cc1)NCc1cn2ccsc2n1.I. The number of rotatable bonds is 7. The summed E-state index contributed by atoms with van der Waals surface area (Å²) in [5.74, 6) is 0.811. The van der Waals surface area contributed by atoms with Crippen molar-refractivity contribution in [3.63, 3.8) is 0 Å². The number of nitrogens with one attached hydrogen (secondary N) is 2. The molecule has 29 heavy (non-hydrogen) atoms. The fourth-order valence-electron chi connectivity index (χ4n) is 2.40. The molecule has 158 valence electrons. The van der Waals surface area contributed by atoms with Gasteiger partial charge in [0.25, 0.3) is 0 Å². The summed E-state index contributed by atoms with van der Waals surface area (Å²) in [6.07, 6.45) is -0.431. The van der Waals surface area contributed by atoms with Crippen LogP contribution in [0.5, 0.6) is 5.75 Å². The summed E-state index contributed by atoms with van der Waals surface area (Å²) in [5.41, 5.74) is 1.77. The summed E-state index contributed by atoms with van der Waals surface area (Å²) in [6.45, 7) is 2.29. The van der Waals surface area contributed by atoms with Crippen LogP contribution in [0.25, 0.3) is 4.96 Å². The highest BCUT2D eigenvalue weighted by Gasteiger charge is 2.28. The molecule has 3 rings (SSSR count). The lowest BCUT2D eigenvalue weighted by Gasteiger charge is -2.11. The molecule has 0 aliphatic heterocycles. The van der Waals surface area contributed by atoms with Crippen LogP contribution >= 0.6 is 35.3 Å². The number of halogens is 4. The van der Waals surface area contributed by atoms with Crippen molar-refractivity contribution in [3.8, 4) is 5.75 Å². The fourth-order valence-corrected chi connectivity index (χ4v) is 3.12. The second-order valence-corrected chi connectivity index (χ2v) is 6.79. The number of thiazole rings is 1. The molecule has 1 aromatic carbocycles. The molecule has 0 aliphatic rings. The molecule has 0 amide bonds. The van der Waals surface area contributed by atoms with Crippen molar-refractivity contribution in [2.75, 3.05) is 13.2 Å². The first kappa shape index (κ1) is 23.3. The molecule has 0 saturated carbocycles. The molecule has 11 heteroatoms. The monoisotopic (exact) mass is 539 g/mol. The van der Waals surface area contributed by atoms with Crippen LogP contribution in [0.15, 0.2) is 47.0 Å². The topological polar surface area (TPSA) is 63.0 Å². The molecular formula is C18H21F3IN5OS. The Bertz CT molecular complexity index is 895. The molecule has 2 aromatic heterocycles. The Morgan fingerprint density at radius 2 is 2.00 bits per heavy atom. The summed E-state index contributed by atoms with van der Waals surface area (Å²) in [5, 5.41) is 8.36. The van der Waals surface area contributed by atoms with Crippen molar-refractivity contribution in [1.29, 1.82) is 0 Å². The quantitative estimate of drug-likeness (QED) is 0.269. The molecular weight excluding hydrogens is 518 g/mol. The van der Waals surface area contributed by atoms with Gasteiger partial charge in [-0.3, -0.25) is 4.40 Å². The molecule has 3 aromatic rings. The van der Waals surface area contributed by atoms with Crippen molar-refractivity contribution < 1.29 is 17.9 Å². The van der Waals surface area contributed by atoms with Gasteiger partial charge in [0.2, 0.25) is 0 Å². The van der Waals surface area contributed by atoms with E-state index in [1.54, 1.807) is 23.5 Å². The lowest BCUT2D eigenvalue weighted by atomic mass is 10.2. The van der Waals surface area contributed by atoms with Gasteiger partial charge in [0.15, 0.2) is 17.5 Å². The zero-order chi connectivity index (χ0) is 20.0. The Kier molecular flexibility index (Phi) is 8.56. The minimum Gasteiger partial charge on any atom is -0.484 e. The number of alkyl halides is 3. The lowest BCUT2D eigenvalue weighted by molar-refractivity contribution is -0.153. The van der Waals surface area contributed by atoms with Gasteiger partial charge in [-0.2, -0.15) is 13.2 Å². The largest absolute Gasteiger partial charge is 0.484 e. The summed E-state index contributed by atoms with van der Waals surface area (Å²) in [7, 11) is 0. The van der Waals surface area contributed by atoms with Crippen LogP contribution in [0.1, 0.15) is 18.2 Å². The van der Waals surface area contributed by atoms with Crippen molar-refractivity contribution in [3.05, 3.63) is 53.3 Å². The molecule has 0 aliphatic carbocycles. The van der Waals surface area contributed by atoms with Gasteiger partial charge >= 0.3 is 6.18 Å². The third-order valence-corrected chi connectivity index (χ3v) is 4.44. The number of guanidine groups is 1. The molecule has 0 radical (unpaired) electrons. The average molecular weight is 539 g/mol. The van der Waals surface area contributed by atoms with Crippen LogP contribution in [0.4, 0.5) is 13.2 Å². The summed E-state index contributed by atoms with van der Waals surface area (Å²) in [4.78, 5) is 9.94. The van der Waals surface area contributed by atoms with Crippen LogP contribution in [0.3, 0.4) is 0 Å². The first-order chi connectivity index (χ1) is 13.4. The Labute approximate surface area is 187 Å². The van der Waals surface area contributed by atoms with Gasteiger partial charge in [0.1, 0.15) is 5.75 Å². The summed E-state index contributed by atoms with van der Waals surface area (Å²) in [6, 6.07) is 6.41. The average Bonchev–Trinajstić information content (AvgIpc) is 3.24. The van der Waals surface area contributed by atoms with Crippen LogP contribution in [0, 0.1) is 0 Å². The second kappa shape index (κ2) is 10.7. The Morgan fingerprint density at radius 1 is 1.24 bits per heavy atom. The predicted molar refractivity (Wildman–Crippen MR) is 118 cm³/mol. The van der Waals surface area contributed by atoms with Gasteiger partial charge in [0, 0.05) is 24.3 Å². The maximum Gasteiger partial charge on any atom is 0.422 e. The number of benzene rings is 1. The predicted octanol–water partition coefficient (Wildman–Crippen LogP) is 4.21. The van der Waals surface area contributed by atoms with Crippen LogP contribution in [-0.4, -0.2) is 34.7 Å². The van der Waals surface area contributed by atoms with Crippen molar-refractivity contribution >= 4 is 46.2 Å². The number of fused-ring (bicyclic) bond motifs is 1. The van der Waals surface area contributed by atoms with Crippen LogP contribution < -0.4 is 15.4 Å². The minimum atomic E-state index is -4.35. The summed E-state index contributed by atoms with van der Waals surface area (Å²) < 4.78 is 43.2. The van der Waals surface area contributed by atoms with Crippen molar-refractivity contribution in [1.82, 2.24) is 20.0 Å². The van der Waals surface area contributed by atoms with E-state index in [9.17, 15) is 13.2 Å². The smallest absolute Gasteiger partial charge is 0.422 e. The molecule has 2 heterocycles. The number of hydrogen-bond acceptors (Lipinski definition) is 4. The van der Waals surface area contributed by atoms with E-state index < -0.39 is 12.8 Å². The number of ether oxygens (including phenoxy) is 1. The van der Waals surface area contributed by atoms with Gasteiger partial charge < -0.3 is 15.4 Å². The van der Waals surface area contributed by atoms with Gasteiger partial charge in [-0.05, 0) is 24.6 Å². The number of aliphatic imine (C=N–C) groups is 1. The normalized spacial score (nSPS) is 11.9. The second-order valence-electron chi connectivity index (χ2n) is 5.92. The van der Waals surface area contributed by atoms with Gasteiger partial charge in [-0.25, -0.2) is 9.98 Å². The summed E-state index contributed by atoms with van der Waals surface area (Å²) >= 11 is 1.57. The number of nitrogens with zero attached hydrogens (tertiary/aromatic N) is 3. The molecule has 0 fully saturated rings. The molecule has 0 bridgehead atoms. The van der Waals surface area contributed by atoms with Crippen molar-refractivity contribution in [2.24, 2.45) is 4.99 Å². The molecule has 0 saturated heterocycles. The number of aromatic nitrogens is 2. The first-order valence-electron chi connectivity index (χ1n) is 8.64. The van der Waals surface area contributed by atoms with Gasteiger partial charge in [0.05, 0.1) is 18.8 Å². The van der Waals surface area contributed by atoms with Crippen molar-refractivity contribution in [2.45, 2.75) is 26.2 Å². The van der Waals surface area contributed by atoms with E-state index >= 15 is 0 Å². The van der Waals surface area contributed by atoms with E-state index in [-0.39, 0.29) is 29.7 Å². The Hall–Kier alpha value is -2.02. The maximum atomic E-state index is 12.2. The molecule has 0 atom stereocenters. The highest BCUT2D eigenvalue weighted by molar-refractivity contribution is 14.0. The Balaban J connectivity index is 0.00000300. The molecule has 0 spiro atoms. The first-order valence-corrected chi connectivity index (χ1v) is 9.52. The van der Waals surface area contributed by atoms with E-state index in [1.165, 1.54) is 12.1 Å². The maximum absolute atomic E-state index is 12.2. The molecule has 2 N–H and O–H groups in total. The van der Waals surface area contributed by atoms with E-state index in [1.807, 2.05) is 29.1 Å². The molecule has 0 unspecified atom stereocenters. The lowest BCUT2D eigenvalue weighted by Crippen LogP contribution is -2.36. The zero-order valence-corrected chi connectivity index (χ0v) is 18.7. The Morgan fingerprint density at radius 3 is 2.66 bits per heavy atom. The highest BCUT2D eigenvalue weighted by Crippen LogP contribution is 2.19. The number of imidazole rings is 1. The van der Waals surface area contributed by atoms with E-state index in [4.69, 9.17) is 4.74 Å². The molecule has 6 nitrogen and oxygen atoms in total. The van der Waals surface area contributed by atoms with Crippen LogP contribution in [0.2, 0.25) is 0 Å². The highest BCUT2D eigenvalue weighted by atomic mass is 127. The zero-order valence-electron chi connectivity index (χ0n) is 15.6. The van der Waals surface area contributed by atoms with E-state index in [2.05, 4.69) is 20.6 Å². The van der Waals surface area contributed by atoms with Crippen LogP contribution in [-0.2, 0) is 13.1 Å². The third-order valence-electron chi connectivity index (χ3n) is 3.67. The van der Waals surface area contributed by atoms with Gasteiger partial charge in [-0.15, -0.1) is 35.3 Å². The van der Waals surface area contributed by atoms with E-state index in [0.717, 1.165) is 16.2 Å². The standard InChI is InChI=1S/C18H20F3N5OS.HI/c1-2-22-16(24-10-14-11-26-7-8-28-17(26)25-14)23-9-13-3-5-15(6-4-13)27-12-18(19,20)21;/h3-8,11H,2,9-10,12H2,1H3,(H2,22,23,24);1H. The minimum absolute atomic E-state index is 0.